The zero-order valence-electron chi connectivity index (χ0n) is 15.1. The van der Waals surface area contributed by atoms with E-state index >= 15 is 0 Å². The Kier molecular flexibility index (Phi) is 5.62. The third-order valence-electron chi connectivity index (χ3n) is 4.12. The monoisotopic (exact) mass is 381 g/mol. The van der Waals surface area contributed by atoms with Crippen molar-refractivity contribution in [1.82, 2.24) is 9.47 Å². The number of carbonyl (C=O) groups excluding carboxylic acids is 2. The van der Waals surface area contributed by atoms with Crippen molar-refractivity contribution in [3.63, 3.8) is 0 Å². The molecule has 1 aromatic heterocycles. The highest BCUT2D eigenvalue weighted by Gasteiger charge is 2.16. The summed E-state index contributed by atoms with van der Waals surface area (Å²) in [5.74, 6) is -0.468. The van der Waals surface area contributed by atoms with E-state index in [1.54, 1.807) is 38.4 Å². The zero-order chi connectivity index (χ0) is 19.4. The predicted molar refractivity (Wildman–Crippen MR) is 107 cm³/mol. The van der Waals surface area contributed by atoms with E-state index in [2.05, 4.69) is 5.32 Å². The summed E-state index contributed by atoms with van der Waals surface area (Å²) in [4.78, 5) is 26.4. The van der Waals surface area contributed by atoms with Crippen molar-refractivity contribution in [1.29, 1.82) is 0 Å². The van der Waals surface area contributed by atoms with Crippen LogP contribution < -0.4 is 5.32 Å². The van der Waals surface area contributed by atoms with Gasteiger partial charge in [-0.15, -0.1) is 0 Å². The molecule has 6 heteroatoms. The van der Waals surface area contributed by atoms with E-state index in [4.69, 9.17) is 11.6 Å². The minimum Gasteiger partial charge on any atom is -0.345 e. The number of rotatable bonds is 5. The van der Waals surface area contributed by atoms with Crippen LogP contribution in [0.4, 0.5) is 5.69 Å². The molecule has 3 aromatic rings. The van der Waals surface area contributed by atoms with Gasteiger partial charge in [0, 0.05) is 32.5 Å². The highest BCUT2D eigenvalue weighted by Crippen LogP contribution is 2.22. The third-order valence-corrected chi connectivity index (χ3v) is 4.45. The normalized spacial score (nSPS) is 10.5. The fraction of sp³-hybridized carbons (Fsp3) is 0.143. The molecule has 138 valence electrons. The Bertz CT molecular complexity index is 965. The quantitative estimate of drug-likeness (QED) is 0.722. The van der Waals surface area contributed by atoms with Crippen LogP contribution in [-0.4, -0.2) is 35.4 Å². The fourth-order valence-corrected chi connectivity index (χ4v) is 2.94. The number of carbonyl (C=O) groups is 2. The van der Waals surface area contributed by atoms with E-state index in [-0.39, 0.29) is 11.8 Å². The lowest BCUT2D eigenvalue weighted by Gasteiger charge is -2.14. The molecule has 3 rings (SSSR count). The number of benzene rings is 2. The molecule has 0 aliphatic heterocycles. The van der Waals surface area contributed by atoms with Crippen LogP contribution in [0.1, 0.15) is 26.4 Å². The molecule has 2 amide bonds. The first-order chi connectivity index (χ1) is 13.0. The van der Waals surface area contributed by atoms with Crippen LogP contribution in [0.15, 0.2) is 66.9 Å². The van der Waals surface area contributed by atoms with Crippen molar-refractivity contribution in [2.45, 2.75) is 6.54 Å². The zero-order valence-corrected chi connectivity index (χ0v) is 15.9. The third kappa shape index (κ3) is 4.38. The van der Waals surface area contributed by atoms with Gasteiger partial charge in [0.1, 0.15) is 5.69 Å². The molecule has 1 N–H and O–H groups in total. The number of amides is 2. The second-order valence-electron chi connectivity index (χ2n) is 6.36. The molecule has 0 spiro atoms. The average molecular weight is 382 g/mol. The number of anilines is 1. The molecule has 0 aliphatic rings. The van der Waals surface area contributed by atoms with E-state index in [1.807, 2.05) is 47.2 Å². The van der Waals surface area contributed by atoms with Crippen molar-refractivity contribution in [3.05, 3.63) is 88.7 Å². The van der Waals surface area contributed by atoms with Gasteiger partial charge in [0.05, 0.1) is 10.6 Å². The van der Waals surface area contributed by atoms with Gasteiger partial charge in [-0.1, -0.05) is 41.9 Å². The lowest BCUT2D eigenvalue weighted by atomic mass is 10.1. The smallest absolute Gasteiger partial charge is 0.272 e. The second kappa shape index (κ2) is 8.10. The summed E-state index contributed by atoms with van der Waals surface area (Å²) in [6.45, 7) is 0.599. The van der Waals surface area contributed by atoms with Crippen molar-refractivity contribution in [3.8, 4) is 0 Å². The van der Waals surface area contributed by atoms with E-state index in [0.717, 1.165) is 5.56 Å². The van der Waals surface area contributed by atoms with Crippen LogP contribution in [0, 0.1) is 0 Å². The lowest BCUT2D eigenvalue weighted by Crippen LogP contribution is -2.22. The number of hydrogen-bond acceptors (Lipinski definition) is 2. The van der Waals surface area contributed by atoms with Gasteiger partial charge in [-0.05, 0) is 35.9 Å². The first kappa shape index (κ1) is 18.7. The molecule has 5 nitrogen and oxygen atoms in total. The van der Waals surface area contributed by atoms with Gasteiger partial charge in [0.25, 0.3) is 11.8 Å². The predicted octanol–water partition coefficient (Wildman–Crippen LogP) is 4.14. The summed E-state index contributed by atoms with van der Waals surface area (Å²) >= 11 is 6.12. The molecule has 0 radical (unpaired) electrons. The van der Waals surface area contributed by atoms with Crippen molar-refractivity contribution < 1.29 is 9.59 Å². The number of hydrogen-bond donors (Lipinski definition) is 1. The minimum atomic E-state index is -0.249. The Morgan fingerprint density at radius 3 is 2.48 bits per heavy atom. The summed E-state index contributed by atoms with van der Waals surface area (Å²) in [7, 11) is 3.31. The Balaban J connectivity index is 1.80. The maximum Gasteiger partial charge on any atom is 0.272 e. The maximum absolute atomic E-state index is 12.7. The average Bonchev–Trinajstić information content (AvgIpc) is 3.11. The molecular formula is C21H20ClN3O2. The molecule has 2 aromatic carbocycles. The van der Waals surface area contributed by atoms with Crippen molar-refractivity contribution >= 4 is 29.1 Å². The molecule has 1 heterocycles. The van der Waals surface area contributed by atoms with Gasteiger partial charge in [0.15, 0.2) is 0 Å². The van der Waals surface area contributed by atoms with E-state index in [1.165, 1.54) is 4.90 Å². The van der Waals surface area contributed by atoms with Crippen LogP contribution in [0.2, 0.25) is 5.02 Å². The van der Waals surface area contributed by atoms with Crippen molar-refractivity contribution in [2.24, 2.45) is 0 Å². The number of nitrogens with one attached hydrogen (secondary N) is 1. The molecule has 0 saturated carbocycles. The first-order valence-corrected chi connectivity index (χ1v) is 8.85. The van der Waals surface area contributed by atoms with Crippen LogP contribution in [0.5, 0.6) is 0 Å². The Hall–Kier alpha value is -3.05. The van der Waals surface area contributed by atoms with Crippen LogP contribution in [-0.2, 0) is 6.54 Å². The molecule has 0 saturated heterocycles. The van der Waals surface area contributed by atoms with E-state index in [0.29, 0.717) is 28.5 Å². The van der Waals surface area contributed by atoms with E-state index in [9.17, 15) is 9.59 Å². The van der Waals surface area contributed by atoms with Crippen LogP contribution in [0.25, 0.3) is 0 Å². The highest BCUT2D eigenvalue weighted by molar-refractivity contribution is 6.34. The summed E-state index contributed by atoms with van der Waals surface area (Å²) in [6, 6.07) is 18.4. The number of halogens is 1. The summed E-state index contributed by atoms with van der Waals surface area (Å²) < 4.78 is 1.88. The minimum absolute atomic E-state index is 0.219. The van der Waals surface area contributed by atoms with Gasteiger partial charge in [-0.3, -0.25) is 9.59 Å². The first-order valence-electron chi connectivity index (χ1n) is 8.47. The molecule has 27 heavy (non-hydrogen) atoms. The second-order valence-corrected chi connectivity index (χ2v) is 6.76. The standard InChI is InChI=1S/C21H20ClN3O2/c1-24(2)21(27)17-13-16(10-11-18(17)22)23-20(26)19-9-6-12-25(19)14-15-7-4-3-5-8-15/h3-13H,14H2,1-2H3,(H,23,26). The van der Waals surface area contributed by atoms with Crippen molar-refractivity contribution in [2.75, 3.05) is 19.4 Å². The van der Waals surface area contributed by atoms with Gasteiger partial charge in [-0.2, -0.15) is 0 Å². The van der Waals surface area contributed by atoms with E-state index < -0.39 is 0 Å². The Morgan fingerprint density at radius 2 is 1.78 bits per heavy atom. The number of nitrogens with zero attached hydrogens (tertiary/aromatic N) is 2. The lowest BCUT2D eigenvalue weighted by molar-refractivity contribution is 0.0827. The summed E-state index contributed by atoms with van der Waals surface area (Å²) in [5, 5.41) is 3.19. The maximum atomic E-state index is 12.7. The summed E-state index contributed by atoms with van der Waals surface area (Å²) in [5.41, 5.74) is 2.50. The fourth-order valence-electron chi connectivity index (χ4n) is 2.74. The Labute approximate surface area is 163 Å². The summed E-state index contributed by atoms with van der Waals surface area (Å²) in [6.07, 6.45) is 1.87. The molecular weight excluding hydrogens is 362 g/mol. The number of aromatic nitrogens is 1. The highest BCUT2D eigenvalue weighted by atomic mass is 35.5. The van der Waals surface area contributed by atoms with Gasteiger partial charge < -0.3 is 14.8 Å². The molecule has 0 aliphatic carbocycles. The molecule has 0 atom stereocenters. The largest absolute Gasteiger partial charge is 0.345 e. The van der Waals surface area contributed by atoms with Crippen LogP contribution >= 0.6 is 11.6 Å². The SMILES string of the molecule is CN(C)C(=O)c1cc(NC(=O)c2cccn2Cc2ccccc2)ccc1Cl. The van der Waals surface area contributed by atoms with Gasteiger partial charge in [0.2, 0.25) is 0 Å². The Morgan fingerprint density at radius 1 is 1.04 bits per heavy atom. The van der Waals surface area contributed by atoms with Gasteiger partial charge in [-0.25, -0.2) is 0 Å². The van der Waals surface area contributed by atoms with Gasteiger partial charge >= 0.3 is 0 Å². The molecule has 0 bridgehead atoms. The van der Waals surface area contributed by atoms with Crippen LogP contribution in [0.3, 0.4) is 0 Å². The molecule has 0 unspecified atom stereocenters. The topological polar surface area (TPSA) is 54.3 Å². The molecule has 0 fully saturated rings.